The molecule has 1 heterocycles. The van der Waals surface area contributed by atoms with Gasteiger partial charge in [-0.25, -0.2) is 0 Å². The van der Waals surface area contributed by atoms with Gasteiger partial charge >= 0.3 is 6.18 Å². The van der Waals surface area contributed by atoms with E-state index in [2.05, 4.69) is 17.6 Å². The zero-order valence-corrected chi connectivity index (χ0v) is 7.83. The molecular weight excluding hydrogens is 213 g/mol. The van der Waals surface area contributed by atoms with Crippen LogP contribution in [0.3, 0.4) is 0 Å². The first-order valence-electron chi connectivity index (χ1n) is 3.52. The number of nitriles is 1. The highest BCUT2D eigenvalue weighted by Gasteiger charge is 2.33. The summed E-state index contributed by atoms with van der Waals surface area (Å²) in [6.45, 7) is 1.40. The number of hydrogen-bond acceptors (Lipinski definition) is 3. The van der Waals surface area contributed by atoms with Crippen LogP contribution in [-0.4, -0.2) is 4.98 Å². The summed E-state index contributed by atoms with van der Waals surface area (Å²) in [5.74, 6) is 0. The Hall–Kier alpha value is -1.35. The molecule has 0 aliphatic heterocycles. The molecule has 0 aromatic carbocycles. The first-order chi connectivity index (χ1) is 6.36. The van der Waals surface area contributed by atoms with Crippen LogP contribution in [0.25, 0.3) is 0 Å². The van der Waals surface area contributed by atoms with E-state index < -0.39 is 17.3 Å². The molecule has 1 aromatic heterocycles. The van der Waals surface area contributed by atoms with Crippen molar-refractivity contribution in [3.05, 3.63) is 22.9 Å². The predicted molar refractivity (Wildman–Crippen MR) is 44.3 cm³/mol. The van der Waals surface area contributed by atoms with E-state index in [-0.39, 0.29) is 10.7 Å². The number of halogens is 3. The molecule has 0 atom stereocenters. The third kappa shape index (κ3) is 1.93. The largest absolute Gasteiger partial charge is 0.759 e. The lowest BCUT2D eigenvalue weighted by Crippen LogP contribution is -2.10. The van der Waals surface area contributed by atoms with Gasteiger partial charge in [-0.3, -0.25) is 4.98 Å². The number of pyridine rings is 1. The van der Waals surface area contributed by atoms with Crippen molar-refractivity contribution < 1.29 is 13.2 Å². The van der Waals surface area contributed by atoms with Gasteiger partial charge in [-0.2, -0.15) is 18.4 Å². The third-order valence-electron chi connectivity index (χ3n) is 1.53. The van der Waals surface area contributed by atoms with Crippen molar-refractivity contribution in [2.75, 3.05) is 0 Å². The minimum atomic E-state index is -4.56. The number of aryl methyl sites for hydroxylation is 1. The maximum absolute atomic E-state index is 12.4. The maximum atomic E-state index is 12.4. The summed E-state index contributed by atoms with van der Waals surface area (Å²) in [4.78, 5) is 3.61. The lowest BCUT2D eigenvalue weighted by atomic mass is 10.1. The number of aromatic nitrogens is 1. The van der Waals surface area contributed by atoms with E-state index in [9.17, 15) is 13.2 Å². The van der Waals surface area contributed by atoms with Gasteiger partial charge in [0.2, 0.25) is 0 Å². The van der Waals surface area contributed by atoms with Crippen LogP contribution in [0.5, 0.6) is 0 Å². The van der Waals surface area contributed by atoms with Crippen LogP contribution in [0.4, 0.5) is 13.2 Å². The van der Waals surface area contributed by atoms with Crippen molar-refractivity contribution >= 4 is 12.6 Å². The summed E-state index contributed by atoms with van der Waals surface area (Å²) < 4.78 is 37.1. The molecule has 0 saturated heterocycles. The van der Waals surface area contributed by atoms with Gasteiger partial charge in [-0.1, -0.05) is 5.03 Å². The molecule has 0 amide bonds. The van der Waals surface area contributed by atoms with E-state index >= 15 is 0 Å². The third-order valence-corrected chi connectivity index (χ3v) is 1.83. The van der Waals surface area contributed by atoms with Crippen molar-refractivity contribution in [3.63, 3.8) is 0 Å². The topological polar surface area (TPSA) is 36.7 Å². The molecule has 74 valence electrons. The average molecular weight is 217 g/mol. The smallest absolute Gasteiger partial charge is 0.417 e. The van der Waals surface area contributed by atoms with Gasteiger partial charge < -0.3 is 12.6 Å². The van der Waals surface area contributed by atoms with E-state index in [4.69, 9.17) is 5.26 Å². The average Bonchev–Trinajstić information content (AvgIpc) is 2.01. The zero-order chi connectivity index (χ0) is 10.9. The highest BCUT2D eigenvalue weighted by atomic mass is 32.1. The number of nitrogens with zero attached hydrogens (tertiary/aromatic N) is 2. The molecule has 1 rings (SSSR count). The molecule has 1 aromatic rings. The van der Waals surface area contributed by atoms with E-state index in [0.717, 1.165) is 6.07 Å². The summed E-state index contributed by atoms with van der Waals surface area (Å²) >= 11 is 4.56. The molecule has 0 fully saturated rings. The monoisotopic (exact) mass is 217 g/mol. The summed E-state index contributed by atoms with van der Waals surface area (Å²) in [5, 5.41) is 8.19. The summed E-state index contributed by atoms with van der Waals surface area (Å²) in [7, 11) is 0. The van der Waals surface area contributed by atoms with Crippen molar-refractivity contribution in [1.82, 2.24) is 4.98 Å². The van der Waals surface area contributed by atoms with Crippen LogP contribution in [0.1, 0.15) is 16.8 Å². The lowest BCUT2D eigenvalue weighted by molar-refractivity contribution is -0.138. The molecule has 6 heteroatoms. The lowest BCUT2D eigenvalue weighted by Gasteiger charge is -2.15. The number of hydrogen-bond donors (Lipinski definition) is 0. The van der Waals surface area contributed by atoms with Crippen LogP contribution in [0.2, 0.25) is 0 Å². The van der Waals surface area contributed by atoms with Crippen LogP contribution in [0, 0.1) is 18.3 Å². The summed E-state index contributed by atoms with van der Waals surface area (Å²) in [6, 6.07) is 2.22. The van der Waals surface area contributed by atoms with Crippen molar-refractivity contribution in [3.8, 4) is 6.07 Å². The SMILES string of the molecule is Cc1cc(C(F)(F)F)c(C#N)c([S-])n1. The Balaban J connectivity index is 3.50. The Kier molecular flexibility index (Phi) is 2.62. The second kappa shape index (κ2) is 3.42. The normalized spacial score (nSPS) is 11.1. The van der Waals surface area contributed by atoms with Gasteiger partial charge in [-0.05, 0) is 13.0 Å². The first-order valence-corrected chi connectivity index (χ1v) is 3.93. The van der Waals surface area contributed by atoms with Gasteiger partial charge in [0.25, 0.3) is 0 Å². The zero-order valence-electron chi connectivity index (χ0n) is 7.01. The molecule has 0 aliphatic carbocycles. The second-order valence-corrected chi connectivity index (χ2v) is 2.99. The van der Waals surface area contributed by atoms with Crippen molar-refractivity contribution in [1.29, 1.82) is 5.26 Å². The molecule has 14 heavy (non-hydrogen) atoms. The standard InChI is InChI=1S/C8H5F3N2S/c1-4-2-6(8(9,10)11)5(3-12)7(14)13-4/h2H,1H3,(H,13,14)/p-1. The van der Waals surface area contributed by atoms with Crippen LogP contribution in [0.15, 0.2) is 11.1 Å². The molecule has 0 spiro atoms. The van der Waals surface area contributed by atoms with Gasteiger partial charge in [0.1, 0.15) is 0 Å². The fraction of sp³-hybridized carbons (Fsp3) is 0.250. The summed E-state index contributed by atoms with van der Waals surface area (Å²) in [5.41, 5.74) is -1.45. The Morgan fingerprint density at radius 2 is 2.07 bits per heavy atom. The van der Waals surface area contributed by atoms with Gasteiger partial charge in [0.05, 0.1) is 17.2 Å². The Labute approximate surface area is 83.8 Å². The Bertz CT molecular complexity index is 406. The summed E-state index contributed by atoms with van der Waals surface area (Å²) in [6.07, 6.45) is -4.56. The minimum absolute atomic E-state index is 0.154. The highest BCUT2D eigenvalue weighted by molar-refractivity contribution is 7.58. The number of rotatable bonds is 0. The van der Waals surface area contributed by atoms with Crippen LogP contribution < -0.4 is 0 Å². The molecule has 0 radical (unpaired) electrons. The molecule has 0 unspecified atom stereocenters. The quantitative estimate of drug-likeness (QED) is 0.625. The van der Waals surface area contributed by atoms with Crippen LogP contribution in [-0.2, 0) is 18.8 Å². The van der Waals surface area contributed by atoms with Gasteiger partial charge in [-0.15, -0.1) is 0 Å². The van der Waals surface area contributed by atoms with Crippen LogP contribution >= 0.6 is 0 Å². The van der Waals surface area contributed by atoms with E-state index in [1.54, 1.807) is 0 Å². The van der Waals surface area contributed by atoms with Crippen molar-refractivity contribution in [2.45, 2.75) is 18.1 Å². The molecule has 0 bridgehead atoms. The van der Waals surface area contributed by atoms with Crippen molar-refractivity contribution in [2.24, 2.45) is 0 Å². The van der Waals surface area contributed by atoms with E-state index in [1.807, 2.05) is 0 Å². The second-order valence-electron chi connectivity index (χ2n) is 2.60. The highest BCUT2D eigenvalue weighted by Crippen LogP contribution is 2.32. The molecule has 0 aliphatic rings. The number of alkyl halides is 3. The first kappa shape index (κ1) is 10.7. The molecular formula is C8H4F3N2S-. The van der Waals surface area contributed by atoms with Gasteiger partial charge in [0, 0.05) is 5.69 Å². The van der Waals surface area contributed by atoms with E-state index in [0.29, 0.717) is 0 Å². The van der Waals surface area contributed by atoms with Gasteiger partial charge in [0.15, 0.2) is 0 Å². The Morgan fingerprint density at radius 3 is 2.50 bits per heavy atom. The fourth-order valence-corrected chi connectivity index (χ4v) is 1.28. The van der Waals surface area contributed by atoms with E-state index in [1.165, 1.54) is 13.0 Å². The molecule has 0 saturated carbocycles. The minimum Gasteiger partial charge on any atom is -0.759 e. The molecule has 0 N–H and O–H groups in total. The molecule has 2 nitrogen and oxygen atoms in total. The Morgan fingerprint density at radius 1 is 1.50 bits per heavy atom. The predicted octanol–water partition coefficient (Wildman–Crippen LogP) is 2.19. The fourth-order valence-electron chi connectivity index (χ4n) is 0.976. The maximum Gasteiger partial charge on any atom is 0.417 e.